The van der Waals surface area contributed by atoms with E-state index in [1.165, 1.54) is 6.07 Å². The van der Waals surface area contributed by atoms with Crippen LogP contribution in [0.25, 0.3) is 0 Å². The number of rotatable bonds is 5. The Labute approximate surface area is 122 Å². The van der Waals surface area contributed by atoms with Crippen LogP contribution in [0.15, 0.2) is 42.5 Å². The molecular formula is C16H16FNO3. The molecule has 1 heterocycles. The van der Waals surface area contributed by atoms with Crippen LogP contribution in [-0.4, -0.2) is 18.4 Å². The van der Waals surface area contributed by atoms with Crippen molar-refractivity contribution >= 4 is 0 Å². The van der Waals surface area contributed by atoms with E-state index in [1.54, 1.807) is 18.2 Å². The van der Waals surface area contributed by atoms with Crippen LogP contribution in [0.1, 0.15) is 17.2 Å². The molecule has 0 saturated carbocycles. The number of aliphatic hydroxyl groups is 1. The first-order chi connectivity index (χ1) is 10.3. The van der Waals surface area contributed by atoms with Crippen LogP contribution in [0.3, 0.4) is 0 Å². The Morgan fingerprint density at radius 3 is 2.86 bits per heavy atom. The molecule has 110 valence electrons. The highest BCUT2D eigenvalue weighted by Crippen LogP contribution is 2.35. The summed E-state index contributed by atoms with van der Waals surface area (Å²) in [7, 11) is 0. The maximum absolute atomic E-state index is 13.5. The maximum Gasteiger partial charge on any atom is 0.231 e. The van der Waals surface area contributed by atoms with Crippen LogP contribution in [-0.2, 0) is 6.54 Å². The van der Waals surface area contributed by atoms with Gasteiger partial charge in [0.1, 0.15) is 5.82 Å². The normalized spacial score (nSPS) is 14.2. The second kappa shape index (κ2) is 6.11. The molecule has 21 heavy (non-hydrogen) atoms. The third-order valence-corrected chi connectivity index (χ3v) is 3.40. The Hall–Kier alpha value is -2.11. The number of fused-ring (bicyclic) bond motifs is 1. The van der Waals surface area contributed by atoms with Crippen molar-refractivity contribution in [1.82, 2.24) is 5.32 Å². The molecule has 3 rings (SSSR count). The number of nitrogens with one attached hydrogen (secondary N) is 1. The monoisotopic (exact) mass is 289 g/mol. The van der Waals surface area contributed by atoms with Crippen molar-refractivity contribution in [2.45, 2.75) is 12.6 Å². The number of aliphatic hydroxyl groups excluding tert-OH is 1. The number of ether oxygens (including phenoxy) is 2. The van der Waals surface area contributed by atoms with Gasteiger partial charge in [0.15, 0.2) is 11.5 Å². The quantitative estimate of drug-likeness (QED) is 0.887. The zero-order valence-corrected chi connectivity index (χ0v) is 11.4. The highest BCUT2D eigenvalue weighted by molar-refractivity contribution is 5.48. The Kier molecular flexibility index (Phi) is 4.03. The lowest BCUT2D eigenvalue weighted by Gasteiger charge is -2.13. The lowest BCUT2D eigenvalue weighted by molar-refractivity contribution is 0.167. The van der Waals surface area contributed by atoms with E-state index in [0.717, 1.165) is 17.1 Å². The maximum atomic E-state index is 13.5. The zero-order chi connectivity index (χ0) is 14.7. The van der Waals surface area contributed by atoms with Crippen molar-refractivity contribution in [2.75, 3.05) is 13.3 Å². The van der Waals surface area contributed by atoms with E-state index >= 15 is 0 Å². The van der Waals surface area contributed by atoms with Crippen LogP contribution < -0.4 is 14.8 Å². The van der Waals surface area contributed by atoms with Crippen molar-refractivity contribution in [3.63, 3.8) is 0 Å². The van der Waals surface area contributed by atoms with Crippen LogP contribution in [0.2, 0.25) is 0 Å². The highest BCUT2D eigenvalue weighted by Gasteiger charge is 2.17. The number of hydrogen-bond acceptors (Lipinski definition) is 4. The van der Waals surface area contributed by atoms with Gasteiger partial charge in [0.25, 0.3) is 0 Å². The molecule has 5 heteroatoms. The molecule has 2 N–H and O–H groups in total. The van der Waals surface area contributed by atoms with Gasteiger partial charge in [0.2, 0.25) is 6.79 Å². The molecule has 0 unspecified atom stereocenters. The molecule has 1 aliphatic heterocycles. The molecule has 0 fully saturated rings. The molecule has 4 nitrogen and oxygen atoms in total. The summed E-state index contributed by atoms with van der Waals surface area (Å²) in [6.07, 6.45) is -0.889. The molecular weight excluding hydrogens is 273 g/mol. The van der Waals surface area contributed by atoms with E-state index in [4.69, 9.17) is 9.47 Å². The van der Waals surface area contributed by atoms with Gasteiger partial charge in [-0.2, -0.15) is 0 Å². The third kappa shape index (κ3) is 2.99. The lowest BCUT2D eigenvalue weighted by Crippen LogP contribution is -2.21. The summed E-state index contributed by atoms with van der Waals surface area (Å²) in [5.41, 5.74) is 1.24. The minimum atomic E-state index is -0.889. The molecule has 0 saturated heterocycles. The van der Waals surface area contributed by atoms with E-state index in [0.29, 0.717) is 12.1 Å². The van der Waals surface area contributed by atoms with Crippen molar-refractivity contribution < 1.29 is 19.0 Å². The van der Waals surface area contributed by atoms with Gasteiger partial charge >= 0.3 is 0 Å². The van der Waals surface area contributed by atoms with E-state index in [1.807, 2.05) is 18.2 Å². The van der Waals surface area contributed by atoms with Crippen molar-refractivity contribution in [2.24, 2.45) is 0 Å². The van der Waals surface area contributed by atoms with Crippen molar-refractivity contribution in [1.29, 1.82) is 0 Å². The first-order valence-corrected chi connectivity index (χ1v) is 6.76. The molecule has 0 bridgehead atoms. The van der Waals surface area contributed by atoms with E-state index in [9.17, 15) is 9.50 Å². The van der Waals surface area contributed by atoms with Gasteiger partial charge in [-0.25, -0.2) is 4.39 Å². The molecule has 2 aromatic carbocycles. The summed E-state index contributed by atoms with van der Waals surface area (Å²) in [6.45, 7) is 0.994. The van der Waals surface area contributed by atoms with Crippen molar-refractivity contribution in [3.8, 4) is 11.5 Å². The zero-order valence-electron chi connectivity index (χ0n) is 11.4. The predicted molar refractivity (Wildman–Crippen MR) is 75.6 cm³/mol. The Bertz CT molecular complexity index is 633. The molecule has 2 aromatic rings. The topological polar surface area (TPSA) is 50.7 Å². The fourth-order valence-electron chi connectivity index (χ4n) is 2.33. The summed E-state index contributed by atoms with van der Waals surface area (Å²) in [5.74, 6) is 1.05. The number of halogens is 1. The fraction of sp³-hybridized carbons (Fsp3) is 0.250. The average molecular weight is 289 g/mol. The summed E-state index contributed by atoms with van der Waals surface area (Å²) in [4.78, 5) is 0. The minimum Gasteiger partial charge on any atom is -0.454 e. The van der Waals surface area contributed by atoms with Crippen LogP contribution >= 0.6 is 0 Å². The summed E-state index contributed by atoms with van der Waals surface area (Å²) in [6, 6.07) is 11.9. The molecule has 0 aliphatic carbocycles. The fourth-order valence-corrected chi connectivity index (χ4v) is 2.33. The largest absolute Gasteiger partial charge is 0.454 e. The van der Waals surface area contributed by atoms with Gasteiger partial charge in [-0.15, -0.1) is 0 Å². The first kappa shape index (κ1) is 13.9. The van der Waals surface area contributed by atoms with Crippen LogP contribution in [0, 0.1) is 5.82 Å². The van der Waals surface area contributed by atoms with E-state index < -0.39 is 11.9 Å². The highest BCUT2D eigenvalue weighted by atomic mass is 19.1. The second-order valence-electron chi connectivity index (χ2n) is 4.82. The Morgan fingerprint density at radius 2 is 2.00 bits per heavy atom. The molecule has 1 aliphatic rings. The van der Waals surface area contributed by atoms with Gasteiger partial charge in [-0.1, -0.05) is 30.3 Å². The first-order valence-electron chi connectivity index (χ1n) is 6.76. The van der Waals surface area contributed by atoms with Crippen LogP contribution in [0.4, 0.5) is 4.39 Å². The number of benzene rings is 2. The molecule has 0 amide bonds. The van der Waals surface area contributed by atoms with Gasteiger partial charge in [0.05, 0.1) is 6.10 Å². The summed E-state index contributed by atoms with van der Waals surface area (Å²) < 4.78 is 24.3. The second-order valence-corrected chi connectivity index (χ2v) is 4.82. The number of hydrogen-bond donors (Lipinski definition) is 2. The number of para-hydroxylation sites is 1. The molecule has 1 atom stereocenters. The van der Waals surface area contributed by atoms with Gasteiger partial charge in [-0.3, -0.25) is 0 Å². The standard InChI is InChI=1S/C16H16FNO3/c17-13-6-2-1-5-12(13)14(19)9-18-8-11-4-3-7-15-16(11)21-10-20-15/h1-7,14,18-19H,8-10H2/t14-/m0/s1. The summed E-state index contributed by atoms with van der Waals surface area (Å²) >= 11 is 0. The Balaban J connectivity index is 1.60. The summed E-state index contributed by atoms with van der Waals surface area (Å²) in [5, 5.41) is 13.1. The van der Waals surface area contributed by atoms with Gasteiger partial charge in [0, 0.05) is 24.2 Å². The van der Waals surface area contributed by atoms with Gasteiger partial charge in [-0.05, 0) is 12.1 Å². The third-order valence-electron chi connectivity index (χ3n) is 3.40. The minimum absolute atomic E-state index is 0.226. The molecule has 0 radical (unpaired) electrons. The lowest BCUT2D eigenvalue weighted by atomic mass is 10.1. The van der Waals surface area contributed by atoms with Crippen molar-refractivity contribution in [3.05, 3.63) is 59.4 Å². The Morgan fingerprint density at radius 1 is 1.14 bits per heavy atom. The van der Waals surface area contributed by atoms with Crippen LogP contribution in [0.5, 0.6) is 11.5 Å². The molecule has 0 spiro atoms. The SMILES string of the molecule is O[C@@H](CNCc1cccc2c1OCO2)c1ccccc1F. The average Bonchev–Trinajstić information content (AvgIpc) is 2.97. The smallest absolute Gasteiger partial charge is 0.231 e. The van der Waals surface area contributed by atoms with E-state index in [2.05, 4.69) is 5.32 Å². The molecule has 0 aromatic heterocycles. The predicted octanol–water partition coefficient (Wildman–Crippen LogP) is 2.38. The van der Waals surface area contributed by atoms with E-state index in [-0.39, 0.29) is 13.3 Å². The van der Waals surface area contributed by atoms with Gasteiger partial charge < -0.3 is 19.9 Å².